The van der Waals surface area contributed by atoms with Gasteiger partial charge in [-0.2, -0.15) is 0 Å². The van der Waals surface area contributed by atoms with E-state index in [2.05, 4.69) is 11.0 Å². The van der Waals surface area contributed by atoms with Crippen molar-refractivity contribution < 1.29 is 14.3 Å². The van der Waals surface area contributed by atoms with Gasteiger partial charge in [0.25, 0.3) is 5.56 Å². The van der Waals surface area contributed by atoms with Crippen LogP contribution in [0.1, 0.15) is 31.9 Å². The minimum atomic E-state index is -0.336. The SMILES string of the molecule is CC(C)C(=O)OC(COc1ccccc1)CN1C[C@H]2C[C@@H](C1)c1cccc(=O)n1C2. The molecule has 1 saturated heterocycles. The Hall–Kier alpha value is -2.60. The van der Waals surface area contributed by atoms with Gasteiger partial charge < -0.3 is 14.0 Å². The standard InChI is InChI=1S/C24H30N2O4/c1-17(2)24(28)30-21(16-29-20-7-4-3-5-8-20)15-25-12-18-11-19(14-25)22-9-6-10-23(27)26(22)13-18/h3-10,17-19,21H,11-16H2,1-2H3/t18-,19+,21?/m1/s1. The summed E-state index contributed by atoms with van der Waals surface area (Å²) in [5.74, 6) is 1.16. The molecule has 0 aliphatic carbocycles. The molecule has 2 aliphatic rings. The number of carbonyl (C=O) groups is 1. The lowest BCUT2D eigenvalue weighted by Crippen LogP contribution is -2.50. The summed E-state index contributed by atoms with van der Waals surface area (Å²) in [7, 11) is 0. The lowest BCUT2D eigenvalue weighted by molar-refractivity contribution is -0.155. The van der Waals surface area contributed by atoms with E-state index >= 15 is 0 Å². The van der Waals surface area contributed by atoms with Crippen molar-refractivity contribution in [2.75, 3.05) is 26.2 Å². The van der Waals surface area contributed by atoms with Gasteiger partial charge in [-0.1, -0.05) is 38.1 Å². The fourth-order valence-electron chi connectivity index (χ4n) is 4.56. The van der Waals surface area contributed by atoms with Gasteiger partial charge in [-0.3, -0.25) is 14.5 Å². The van der Waals surface area contributed by atoms with Crippen molar-refractivity contribution in [1.82, 2.24) is 9.47 Å². The van der Waals surface area contributed by atoms with Crippen molar-refractivity contribution in [1.29, 1.82) is 0 Å². The third kappa shape index (κ3) is 4.75. The van der Waals surface area contributed by atoms with E-state index in [4.69, 9.17) is 9.47 Å². The van der Waals surface area contributed by atoms with Crippen molar-refractivity contribution in [3.05, 3.63) is 64.6 Å². The summed E-state index contributed by atoms with van der Waals surface area (Å²) in [6.07, 6.45) is 0.772. The van der Waals surface area contributed by atoms with Crippen molar-refractivity contribution in [3.63, 3.8) is 0 Å². The largest absolute Gasteiger partial charge is 0.490 e. The monoisotopic (exact) mass is 410 g/mol. The Balaban J connectivity index is 1.44. The van der Waals surface area contributed by atoms with Crippen LogP contribution in [0.3, 0.4) is 0 Å². The van der Waals surface area contributed by atoms with E-state index in [0.29, 0.717) is 25.0 Å². The Kier molecular flexibility index (Phi) is 6.23. The van der Waals surface area contributed by atoms with Crippen LogP contribution in [0, 0.1) is 11.8 Å². The van der Waals surface area contributed by atoms with E-state index in [9.17, 15) is 9.59 Å². The van der Waals surface area contributed by atoms with Crippen LogP contribution >= 0.6 is 0 Å². The number of carbonyl (C=O) groups excluding carboxylic acids is 1. The molecule has 0 spiro atoms. The number of aromatic nitrogens is 1. The van der Waals surface area contributed by atoms with E-state index in [1.807, 2.05) is 54.8 Å². The van der Waals surface area contributed by atoms with Gasteiger partial charge in [0.2, 0.25) is 0 Å². The molecule has 2 bridgehead atoms. The molecule has 1 fully saturated rings. The first-order valence-electron chi connectivity index (χ1n) is 10.8. The minimum Gasteiger partial charge on any atom is -0.490 e. The number of likely N-dealkylation sites (tertiary alicyclic amines) is 1. The zero-order valence-electron chi connectivity index (χ0n) is 17.7. The highest BCUT2D eigenvalue weighted by Crippen LogP contribution is 2.35. The van der Waals surface area contributed by atoms with Gasteiger partial charge in [-0.25, -0.2) is 0 Å². The normalized spacial score (nSPS) is 21.7. The summed E-state index contributed by atoms with van der Waals surface area (Å²) in [5.41, 5.74) is 1.22. The Labute approximate surface area is 177 Å². The third-order valence-electron chi connectivity index (χ3n) is 5.95. The lowest BCUT2D eigenvalue weighted by atomic mass is 9.83. The number of benzene rings is 1. The molecule has 3 heterocycles. The number of pyridine rings is 1. The maximum atomic E-state index is 12.3. The van der Waals surface area contributed by atoms with E-state index in [1.54, 1.807) is 6.07 Å². The maximum absolute atomic E-state index is 12.3. The van der Waals surface area contributed by atoms with Crippen molar-refractivity contribution >= 4 is 5.97 Å². The van der Waals surface area contributed by atoms with Crippen LogP contribution < -0.4 is 10.3 Å². The molecule has 0 N–H and O–H groups in total. The number of para-hydroxylation sites is 1. The molecule has 2 aliphatic heterocycles. The number of piperidine rings is 1. The molecule has 0 radical (unpaired) electrons. The molecule has 0 amide bonds. The maximum Gasteiger partial charge on any atom is 0.308 e. The zero-order valence-corrected chi connectivity index (χ0v) is 17.7. The second-order valence-electron chi connectivity index (χ2n) is 8.75. The fourth-order valence-corrected chi connectivity index (χ4v) is 4.56. The van der Waals surface area contributed by atoms with E-state index in [0.717, 1.165) is 37.5 Å². The molecule has 6 heteroatoms. The number of rotatable bonds is 7. The highest BCUT2D eigenvalue weighted by atomic mass is 16.6. The smallest absolute Gasteiger partial charge is 0.308 e. The zero-order chi connectivity index (χ0) is 21.1. The number of hydrogen-bond donors (Lipinski definition) is 0. The van der Waals surface area contributed by atoms with Gasteiger partial charge in [-0.15, -0.1) is 0 Å². The summed E-state index contributed by atoms with van der Waals surface area (Å²) in [6.45, 7) is 7.17. The summed E-state index contributed by atoms with van der Waals surface area (Å²) in [5, 5.41) is 0. The first-order valence-corrected chi connectivity index (χ1v) is 10.8. The quantitative estimate of drug-likeness (QED) is 0.657. The predicted octanol–water partition coefficient (Wildman–Crippen LogP) is 2.91. The number of ether oxygens (including phenoxy) is 2. The van der Waals surface area contributed by atoms with Crippen molar-refractivity contribution in [3.8, 4) is 5.75 Å². The number of esters is 1. The van der Waals surface area contributed by atoms with E-state index < -0.39 is 0 Å². The highest BCUT2D eigenvalue weighted by molar-refractivity contribution is 5.71. The second kappa shape index (κ2) is 9.04. The molecule has 1 aromatic carbocycles. The van der Waals surface area contributed by atoms with Gasteiger partial charge in [0.1, 0.15) is 18.5 Å². The number of nitrogens with zero attached hydrogens (tertiary/aromatic N) is 2. The Morgan fingerprint density at radius 3 is 2.63 bits per heavy atom. The minimum absolute atomic E-state index is 0.0932. The summed E-state index contributed by atoms with van der Waals surface area (Å²) >= 11 is 0. The van der Waals surface area contributed by atoms with Gasteiger partial charge in [-0.05, 0) is 30.5 Å². The molecule has 1 aromatic heterocycles. The van der Waals surface area contributed by atoms with Crippen LogP contribution in [-0.4, -0.2) is 47.8 Å². The van der Waals surface area contributed by atoms with Crippen LogP contribution in [0.25, 0.3) is 0 Å². The molecule has 4 rings (SSSR count). The first kappa shape index (κ1) is 20.7. The molecule has 1 unspecified atom stereocenters. The Morgan fingerprint density at radius 2 is 1.87 bits per heavy atom. The van der Waals surface area contributed by atoms with Gasteiger partial charge in [0.15, 0.2) is 0 Å². The summed E-state index contributed by atoms with van der Waals surface area (Å²) in [6, 6.07) is 15.2. The number of fused-ring (bicyclic) bond motifs is 4. The van der Waals surface area contributed by atoms with Crippen LogP contribution in [0.15, 0.2) is 53.3 Å². The summed E-state index contributed by atoms with van der Waals surface area (Å²) < 4.78 is 13.6. The fraction of sp³-hybridized carbons (Fsp3) is 0.500. The van der Waals surface area contributed by atoms with Gasteiger partial charge >= 0.3 is 5.97 Å². The van der Waals surface area contributed by atoms with Crippen LogP contribution in [0.4, 0.5) is 0 Å². The Morgan fingerprint density at radius 1 is 1.07 bits per heavy atom. The summed E-state index contributed by atoms with van der Waals surface area (Å²) in [4.78, 5) is 26.9. The molecule has 2 aromatic rings. The Bertz CT molecular complexity index is 924. The first-order chi connectivity index (χ1) is 14.5. The molecule has 30 heavy (non-hydrogen) atoms. The van der Waals surface area contributed by atoms with E-state index in [-0.39, 0.29) is 23.6 Å². The highest BCUT2D eigenvalue weighted by Gasteiger charge is 2.35. The number of hydrogen-bond acceptors (Lipinski definition) is 5. The van der Waals surface area contributed by atoms with Gasteiger partial charge in [0, 0.05) is 43.9 Å². The molecule has 160 valence electrons. The second-order valence-corrected chi connectivity index (χ2v) is 8.75. The average molecular weight is 411 g/mol. The third-order valence-corrected chi connectivity index (χ3v) is 5.95. The van der Waals surface area contributed by atoms with Crippen LogP contribution in [0.5, 0.6) is 5.75 Å². The van der Waals surface area contributed by atoms with Crippen LogP contribution in [0.2, 0.25) is 0 Å². The predicted molar refractivity (Wildman–Crippen MR) is 115 cm³/mol. The van der Waals surface area contributed by atoms with Crippen LogP contribution in [-0.2, 0) is 16.1 Å². The molecule has 6 nitrogen and oxygen atoms in total. The lowest BCUT2D eigenvalue weighted by Gasteiger charge is -2.43. The topological polar surface area (TPSA) is 60.8 Å². The molecular formula is C24H30N2O4. The molecule has 0 saturated carbocycles. The van der Waals surface area contributed by atoms with Gasteiger partial charge in [0.05, 0.1) is 5.92 Å². The van der Waals surface area contributed by atoms with Crippen molar-refractivity contribution in [2.45, 2.75) is 38.8 Å². The average Bonchev–Trinajstić information content (AvgIpc) is 2.73. The molecular weight excluding hydrogens is 380 g/mol. The van der Waals surface area contributed by atoms with Crippen molar-refractivity contribution in [2.24, 2.45) is 11.8 Å². The van der Waals surface area contributed by atoms with E-state index in [1.165, 1.54) is 0 Å². The molecule has 3 atom stereocenters.